The lowest BCUT2D eigenvalue weighted by molar-refractivity contribution is -0.122. The largest absolute Gasteiger partial charge is 0.383 e. The van der Waals surface area contributed by atoms with Gasteiger partial charge in [-0.1, -0.05) is 30.3 Å². The third-order valence-electron chi connectivity index (χ3n) is 4.05. The molecule has 1 saturated heterocycles. The summed E-state index contributed by atoms with van der Waals surface area (Å²) in [5, 5.41) is 3.17. The van der Waals surface area contributed by atoms with Crippen LogP contribution in [0.15, 0.2) is 30.3 Å². The van der Waals surface area contributed by atoms with Crippen LogP contribution in [0.3, 0.4) is 0 Å². The molecule has 0 unspecified atom stereocenters. The van der Waals surface area contributed by atoms with Gasteiger partial charge in [-0.15, -0.1) is 0 Å². The topological polar surface area (TPSA) is 41.6 Å². The highest BCUT2D eigenvalue weighted by molar-refractivity contribution is 5.76. The summed E-state index contributed by atoms with van der Waals surface area (Å²) >= 11 is 0. The summed E-state index contributed by atoms with van der Waals surface area (Å²) in [6, 6.07) is 10.5. The van der Waals surface area contributed by atoms with E-state index in [2.05, 4.69) is 22.3 Å². The molecule has 0 aromatic heterocycles. The summed E-state index contributed by atoms with van der Waals surface area (Å²) < 4.78 is 5.10. The van der Waals surface area contributed by atoms with Gasteiger partial charge >= 0.3 is 0 Å². The van der Waals surface area contributed by atoms with Crippen LogP contribution in [-0.4, -0.2) is 50.2 Å². The molecule has 0 saturated carbocycles. The van der Waals surface area contributed by atoms with Crippen LogP contribution in [0.5, 0.6) is 0 Å². The third-order valence-corrected chi connectivity index (χ3v) is 4.05. The predicted octanol–water partition coefficient (Wildman–Crippen LogP) is 1.85. The number of hydrogen-bond donors (Lipinski definition) is 1. The van der Waals surface area contributed by atoms with E-state index < -0.39 is 0 Å². The van der Waals surface area contributed by atoms with Crippen LogP contribution in [0.25, 0.3) is 0 Å². The lowest BCUT2D eigenvalue weighted by Gasteiger charge is -2.32. The van der Waals surface area contributed by atoms with E-state index in [1.54, 1.807) is 7.11 Å². The van der Waals surface area contributed by atoms with Gasteiger partial charge in [0.1, 0.15) is 0 Å². The zero-order valence-corrected chi connectivity index (χ0v) is 12.9. The van der Waals surface area contributed by atoms with Gasteiger partial charge in [-0.2, -0.15) is 0 Å². The van der Waals surface area contributed by atoms with Crippen LogP contribution >= 0.6 is 0 Å². The third kappa shape index (κ3) is 5.86. The molecule has 0 radical (unpaired) electrons. The van der Waals surface area contributed by atoms with Gasteiger partial charge in [-0.25, -0.2) is 0 Å². The second-order valence-electron chi connectivity index (χ2n) is 5.66. The van der Waals surface area contributed by atoms with Crippen molar-refractivity contribution in [2.24, 2.45) is 0 Å². The van der Waals surface area contributed by atoms with Gasteiger partial charge in [0, 0.05) is 39.2 Å². The fraction of sp³-hybridized carbons (Fsp3) is 0.588. The molecule has 1 aromatic rings. The molecule has 116 valence electrons. The molecule has 2 rings (SSSR count). The molecule has 4 nitrogen and oxygen atoms in total. The first kappa shape index (κ1) is 16.0. The minimum Gasteiger partial charge on any atom is -0.383 e. The lowest BCUT2D eigenvalue weighted by Crippen LogP contribution is -2.45. The van der Waals surface area contributed by atoms with E-state index in [1.807, 2.05) is 18.2 Å². The number of nitrogens with one attached hydrogen (secondary N) is 1. The van der Waals surface area contributed by atoms with Crippen LogP contribution in [0.4, 0.5) is 0 Å². The minimum absolute atomic E-state index is 0.175. The zero-order valence-electron chi connectivity index (χ0n) is 12.9. The minimum atomic E-state index is 0.175. The Bertz CT molecular complexity index is 414. The first-order chi connectivity index (χ1) is 10.3. The van der Waals surface area contributed by atoms with Crippen LogP contribution in [0.2, 0.25) is 0 Å². The predicted molar refractivity (Wildman–Crippen MR) is 84.2 cm³/mol. The summed E-state index contributed by atoms with van der Waals surface area (Å²) in [7, 11) is 1.74. The summed E-state index contributed by atoms with van der Waals surface area (Å²) in [6.45, 7) is 3.87. The Kier molecular flexibility index (Phi) is 6.70. The number of aryl methyl sites for hydroxylation is 1. The molecule has 1 aliphatic heterocycles. The number of piperidine rings is 1. The molecule has 0 spiro atoms. The van der Waals surface area contributed by atoms with Gasteiger partial charge in [0.15, 0.2) is 0 Å². The maximum atomic E-state index is 12.0. The molecule has 1 aromatic carbocycles. The van der Waals surface area contributed by atoms with Crippen molar-refractivity contribution in [1.82, 2.24) is 10.2 Å². The number of ether oxygens (including phenoxy) is 1. The average Bonchev–Trinajstić information content (AvgIpc) is 2.53. The number of carbonyl (C=O) groups is 1. The van der Waals surface area contributed by atoms with Crippen molar-refractivity contribution in [3.05, 3.63) is 35.9 Å². The standard InChI is InChI=1S/C17H26N2O2/c1-21-14-13-19-11-9-16(10-12-19)18-17(20)8-7-15-5-3-2-4-6-15/h2-6,16H,7-14H2,1H3,(H,18,20). The Morgan fingerprint density at radius 3 is 2.67 bits per heavy atom. The van der Waals surface area contributed by atoms with Crippen molar-refractivity contribution < 1.29 is 9.53 Å². The smallest absolute Gasteiger partial charge is 0.220 e. The van der Waals surface area contributed by atoms with Crippen molar-refractivity contribution in [1.29, 1.82) is 0 Å². The van der Waals surface area contributed by atoms with Gasteiger partial charge < -0.3 is 15.0 Å². The number of benzene rings is 1. The van der Waals surface area contributed by atoms with Crippen molar-refractivity contribution in [2.45, 2.75) is 31.7 Å². The van der Waals surface area contributed by atoms with E-state index in [1.165, 1.54) is 5.56 Å². The number of hydrogen-bond acceptors (Lipinski definition) is 3. The van der Waals surface area contributed by atoms with Gasteiger partial charge in [0.05, 0.1) is 6.61 Å². The van der Waals surface area contributed by atoms with Gasteiger partial charge in [-0.3, -0.25) is 4.79 Å². The Morgan fingerprint density at radius 1 is 1.29 bits per heavy atom. The quantitative estimate of drug-likeness (QED) is 0.833. The molecule has 1 fully saturated rings. The number of nitrogens with zero attached hydrogens (tertiary/aromatic N) is 1. The van der Waals surface area contributed by atoms with E-state index in [4.69, 9.17) is 4.74 Å². The summed E-state index contributed by atoms with van der Waals surface area (Å²) in [5.41, 5.74) is 1.22. The fourth-order valence-corrected chi connectivity index (χ4v) is 2.72. The van der Waals surface area contributed by atoms with Crippen LogP contribution < -0.4 is 5.32 Å². The monoisotopic (exact) mass is 290 g/mol. The van der Waals surface area contributed by atoms with E-state index in [0.29, 0.717) is 12.5 Å². The maximum absolute atomic E-state index is 12.0. The molecule has 1 N–H and O–H groups in total. The first-order valence-corrected chi connectivity index (χ1v) is 7.82. The Labute approximate surface area is 127 Å². The highest BCUT2D eigenvalue weighted by Crippen LogP contribution is 2.10. The van der Waals surface area contributed by atoms with Crippen molar-refractivity contribution in [3.8, 4) is 0 Å². The number of likely N-dealkylation sites (tertiary alicyclic amines) is 1. The second-order valence-corrected chi connectivity index (χ2v) is 5.66. The normalized spacial score (nSPS) is 16.8. The molecule has 0 bridgehead atoms. The Hall–Kier alpha value is -1.39. The van der Waals surface area contributed by atoms with E-state index in [-0.39, 0.29) is 5.91 Å². The molecule has 0 atom stereocenters. The van der Waals surface area contributed by atoms with E-state index in [0.717, 1.165) is 45.5 Å². The first-order valence-electron chi connectivity index (χ1n) is 7.82. The van der Waals surface area contributed by atoms with Crippen molar-refractivity contribution >= 4 is 5.91 Å². The molecule has 4 heteroatoms. The Morgan fingerprint density at radius 2 is 2.00 bits per heavy atom. The molecular formula is C17H26N2O2. The number of rotatable bonds is 7. The SMILES string of the molecule is COCCN1CCC(NC(=O)CCc2ccccc2)CC1. The van der Waals surface area contributed by atoms with E-state index in [9.17, 15) is 4.79 Å². The molecule has 1 heterocycles. The van der Waals surface area contributed by atoms with Crippen molar-refractivity contribution in [3.63, 3.8) is 0 Å². The zero-order chi connectivity index (χ0) is 14.9. The van der Waals surface area contributed by atoms with Gasteiger partial charge in [0.2, 0.25) is 5.91 Å². The molecule has 21 heavy (non-hydrogen) atoms. The second kappa shape index (κ2) is 8.80. The van der Waals surface area contributed by atoms with Crippen LogP contribution in [0.1, 0.15) is 24.8 Å². The molecule has 1 amide bonds. The summed E-state index contributed by atoms with van der Waals surface area (Å²) in [4.78, 5) is 14.4. The number of amides is 1. The molecule has 1 aliphatic rings. The Balaban J connectivity index is 1.63. The fourth-order valence-electron chi connectivity index (χ4n) is 2.72. The lowest BCUT2D eigenvalue weighted by atomic mass is 10.0. The molecular weight excluding hydrogens is 264 g/mol. The van der Waals surface area contributed by atoms with Crippen LogP contribution in [0, 0.1) is 0 Å². The molecule has 0 aliphatic carbocycles. The van der Waals surface area contributed by atoms with Crippen LogP contribution in [-0.2, 0) is 16.0 Å². The highest BCUT2D eigenvalue weighted by Gasteiger charge is 2.20. The maximum Gasteiger partial charge on any atom is 0.220 e. The van der Waals surface area contributed by atoms with Gasteiger partial charge in [-0.05, 0) is 24.8 Å². The van der Waals surface area contributed by atoms with Crippen molar-refractivity contribution in [2.75, 3.05) is 33.4 Å². The number of carbonyl (C=O) groups excluding carboxylic acids is 1. The average molecular weight is 290 g/mol. The summed E-state index contributed by atoms with van der Waals surface area (Å²) in [5.74, 6) is 0.175. The highest BCUT2D eigenvalue weighted by atomic mass is 16.5. The van der Waals surface area contributed by atoms with E-state index >= 15 is 0 Å². The van der Waals surface area contributed by atoms with Gasteiger partial charge in [0.25, 0.3) is 0 Å². The number of methoxy groups -OCH3 is 1. The summed E-state index contributed by atoms with van der Waals surface area (Å²) in [6.07, 6.45) is 3.48.